The first-order valence-electron chi connectivity index (χ1n) is 8.08. The number of rotatable bonds is 5. The third kappa shape index (κ3) is 3.57. The van der Waals surface area contributed by atoms with Crippen LogP contribution in [-0.2, 0) is 6.42 Å². The fraction of sp³-hybridized carbons (Fsp3) is 0.647. The summed E-state index contributed by atoms with van der Waals surface area (Å²) in [5.41, 5.74) is 1.40. The molecule has 21 heavy (non-hydrogen) atoms. The second-order valence-corrected chi connectivity index (χ2v) is 6.29. The molecule has 1 aromatic carbocycles. The van der Waals surface area contributed by atoms with E-state index >= 15 is 0 Å². The molecule has 0 bridgehead atoms. The summed E-state index contributed by atoms with van der Waals surface area (Å²) >= 11 is 0. The van der Waals surface area contributed by atoms with Crippen LogP contribution in [0.1, 0.15) is 12.5 Å². The zero-order valence-corrected chi connectivity index (χ0v) is 13.2. The van der Waals surface area contributed by atoms with Crippen LogP contribution in [0, 0.1) is 0 Å². The van der Waals surface area contributed by atoms with Crippen molar-refractivity contribution in [3.05, 3.63) is 29.8 Å². The lowest BCUT2D eigenvalue weighted by Gasteiger charge is -2.44. The minimum absolute atomic E-state index is 0.611. The second-order valence-electron chi connectivity index (χ2n) is 6.29. The summed E-state index contributed by atoms with van der Waals surface area (Å²) in [4.78, 5) is 5.28. The lowest BCUT2D eigenvalue weighted by Crippen LogP contribution is -2.62. The van der Waals surface area contributed by atoms with Gasteiger partial charge in [0, 0.05) is 51.4 Å². The molecular weight excluding hydrogens is 262 g/mol. The molecule has 0 aromatic heterocycles. The Kier molecular flexibility index (Phi) is 4.78. The van der Waals surface area contributed by atoms with E-state index in [0.717, 1.165) is 18.2 Å². The van der Waals surface area contributed by atoms with Gasteiger partial charge in [-0.3, -0.25) is 9.80 Å². The normalized spacial score (nSPS) is 22.8. The molecule has 0 saturated carbocycles. The highest BCUT2D eigenvalue weighted by molar-refractivity contribution is 5.27. The Labute approximate surface area is 128 Å². The topological polar surface area (TPSA) is 27.7 Å². The van der Waals surface area contributed by atoms with Crippen LogP contribution >= 0.6 is 0 Å². The lowest BCUT2D eigenvalue weighted by molar-refractivity contribution is 0.0555. The summed E-state index contributed by atoms with van der Waals surface area (Å²) in [5.74, 6) is 0.939. The van der Waals surface area contributed by atoms with Gasteiger partial charge in [-0.2, -0.15) is 0 Å². The highest BCUT2D eigenvalue weighted by Crippen LogP contribution is 2.17. The van der Waals surface area contributed by atoms with Crippen LogP contribution in [0.4, 0.5) is 0 Å². The molecule has 1 atom stereocenters. The van der Waals surface area contributed by atoms with Crippen molar-refractivity contribution in [2.24, 2.45) is 0 Å². The third-order valence-electron chi connectivity index (χ3n) is 4.94. The first kappa shape index (κ1) is 14.8. The van der Waals surface area contributed by atoms with Crippen molar-refractivity contribution in [2.45, 2.75) is 25.4 Å². The Bertz CT molecular complexity index is 436. The van der Waals surface area contributed by atoms with Crippen LogP contribution in [0.3, 0.4) is 0 Å². The quantitative estimate of drug-likeness (QED) is 0.882. The molecule has 2 aliphatic heterocycles. The predicted octanol–water partition coefficient (Wildman–Crippen LogP) is 1.22. The van der Waals surface area contributed by atoms with Gasteiger partial charge in [0.2, 0.25) is 0 Å². The van der Waals surface area contributed by atoms with Gasteiger partial charge >= 0.3 is 0 Å². The van der Waals surface area contributed by atoms with Crippen molar-refractivity contribution in [1.82, 2.24) is 15.1 Å². The van der Waals surface area contributed by atoms with E-state index in [4.69, 9.17) is 4.74 Å². The van der Waals surface area contributed by atoms with E-state index in [-0.39, 0.29) is 0 Å². The Hall–Kier alpha value is -1.10. The van der Waals surface area contributed by atoms with Gasteiger partial charge in [0.25, 0.3) is 0 Å². The molecule has 2 heterocycles. The molecular formula is C17H27N3O. The number of benzene rings is 1. The Morgan fingerprint density at radius 1 is 1.14 bits per heavy atom. The van der Waals surface area contributed by atoms with Crippen LogP contribution in [-0.4, -0.2) is 68.3 Å². The average molecular weight is 289 g/mol. The smallest absolute Gasteiger partial charge is 0.118 e. The van der Waals surface area contributed by atoms with Gasteiger partial charge in [0.15, 0.2) is 0 Å². The van der Waals surface area contributed by atoms with Crippen LogP contribution in [0.2, 0.25) is 0 Å². The summed E-state index contributed by atoms with van der Waals surface area (Å²) in [6.45, 7) is 9.56. The Morgan fingerprint density at radius 2 is 1.81 bits per heavy atom. The van der Waals surface area contributed by atoms with Gasteiger partial charge in [-0.15, -0.1) is 0 Å². The van der Waals surface area contributed by atoms with Crippen molar-refractivity contribution in [2.75, 3.05) is 46.4 Å². The van der Waals surface area contributed by atoms with Crippen LogP contribution in [0.15, 0.2) is 24.3 Å². The first-order valence-corrected chi connectivity index (χ1v) is 8.08. The number of hydrogen-bond acceptors (Lipinski definition) is 4. The van der Waals surface area contributed by atoms with Gasteiger partial charge in [-0.05, 0) is 31.0 Å². The molecule has 1 N–H and O–H groups in total. The Morgan fingerprint density at radius 3 is 2.33 bits per heavy atom. The maximum absolute atomic E-state index is 5.22. The Balaban J connectivity index is 1.47. The molecule has 2 aliphatic rings. The minimum Gasteiger partial charge on any atom is -0.497 e. The zero-order valence-electron chi connectivity index (χ0n) is 13.2. The first-order chi connectivity index (χ1) is 10.3. The largest absolute Gasteiger partial charge is 0.497 e. The maximum Gasteiger partial charge on any atom is 0.118 e. The third-order valence-corrected chi connectivity index (χ3v) is 4.94. The molecule has 4 nitrogen and oxygen atoms in total. The van der Waals surface area contributed by atoms with Gasteiger partial charge in [0.1, 0.15) is 5.75 Å². The standard InChI is InChI=1S/C17H27N3O/c1-14(11-15-3-5-17(21-2)6-4-15)19-7-9-20(10-8-19)16-12-18-13-16/h3-6,14,16,18H,7-13H2,1-2H3. The molecule has 0 amide bonds. The number of nitrogens with zero attached hydrogens (tertiary/aromatic N) is 2. The lowest BCUT2D eigenvalue weighted by atomic mass is 10.0. The second kappa shape index (κ2) is 6.77. The molecule has 116 valence electrons. The summed E-state index contributed by atoms with van der Waals surface area (Å²) in [6, 6.07) is 9.90. The molecule has 0 spiro atoms. The molecule has 0 aliphatic carbocycles. The van der Waals surface area contributed by atoms with Gasteiger partial charge in [-0.25, -0.2) is 0 Å². The zero-order chi connectivity index (χ0) is 14.7. The highest BCUT2D eigenvalue weighted by Gasteiger charge is 2.28. The van der Waals surface area contributed by atoms with E-state index < -0.39 is 0 Å². The molecule has 2 fully saturated rings. The molecule has 3 rings (SSSR count). The number of piperazine rings is 1. The molecule has 4 heteroatoms. The maximum atomic E-state index is 5.22. The van der Waals surface area contributed by atoms with E-state index in [1.165, 1.54) is 44.8 Å². The van der Waals surface area contributed by atoms with Crippen LogP contribution in [0.5, 0.6) is 5.75 Å². The number of ether oxygens (including phenoxy) is 1. The van der Waals surface area contributed by atoms with E-state index in [1.807, 2.05) is 0 Å². The monoisotopic (exact) mass is 289 g/mol. The van der Waals surface area contributed by atoms with Crippen molar-refractivity contribution in [3.8, 4) is 5.75 Å². The van der Waals surface area contributed by atoms with Crippen molar-refractivity contribution < 1.29 is 4.74 Å². The minimum atomic E-state index is 0.611. The van der Waals surface area contributed by atoms with Crippen LogP contribution in [0.25, 0.3) is 0 Å². The summed E-state index contributed by atoms with van der Waals surface area (Å²) in [6.07, 6.45) is 1.12. The molecule has 1 unspecified atom stereocenters. The average Bonchev–Trinajstić information content (AvgIpc) is 2.47. The van der Waals surface area contributed by atoms with E-state index in [2.05, 4.69) is 46.3 Å². The fourth-order valence-corrected chi connectivity index (χ4v) is 3.31. The van der Waals surface area contributed by atoms with Gasteiger partial charge < -0.3 is 10.1 Å². The summed E-state index contributed by atoms with van der Waals surface area (Å²) in [5, 5.41) is 3.37. The summed E-state index contributed by atoms with van der Waals surface area (Å²) in [7, 11) is 1.72. The van der Waals surface area contributed by atoms with Crippen LogP contribution < -0.4 is 10.1 Å². The number of nitrogens with one attached hydrogen (secondary N) is 1. The fourth-order valence-electron chi connectivity index (χ4n) is 3.31. The molecule has 1 aromatic rings. The SMILES string of the molecule is COc1ccc(CC(C)N2CCN(C3CNC3)CC2)cc1. The van der Waals surface area contributed by atoms with Gasteiger partial charge in [-0.1, -0.05) is 12.1 Å². The molecule has 2 saturated heterocycles. The van der Waals surface area contributed by atoms with E-state index in [1.54, 1.807) is 7.11 Å². The van der Waals surface area contributed by atoms with E-state index in [9.17, 15) is 0 Å². The number of hydrogen-bond donors (Lipinski definition) is 1. The van der Waals surface area contributed by atoms with E-state index in [0.29, 0.717) is 6.04 Å². The summed E-state index contributed by atoms with van der Waals surface area (Å²) < 4.78 is 5.22. The van der Waals surface area contributed by atoms with Gasteiger partial charge in [0.05, 0.1) is 7.11 Å². The van der Waals surface area contributed by atoms with Crippen molar-refractivity contribution in [1.29, 1.82) is 0 Å². The highest BCUT2D eigenvalue weighted by atomic mass is 16.5. The van der Waals surface area contributed by atoms with Crippen molar-refractivity contribution in [3.63, 3.8) is 0 Å². The number of methoxy groups -OCH3 is 1. The predicted molar refractivity (Wildman–Crippen MR) is 86.0 cm³/mol. The molecule has 0 radical (unpaired) electrons. The van der Waals surface area contributed by atoms with Crippen molar-refractivity contribution >= 4 is 0 Å².